The number of anilines is 1. The molecule has 0 bridgehead atoms. The van der Waals surface area contributed by atoms with E-state index in [0.29, 0.717) is 29.1 Å². The zero-order chi connectivity index (χ0) is 16.8. The molecule has 122 valence electrons. The molecule has 2 rings (SSSR count). The number of carboxylic acid groups (broad SMARTS) is 1. The van der Waals surface area contributed by atoms with Gasteiger partial charge in [-0.1, -0.05) is 18.2 Å². The smallest absolute Gasteiger partial charge is 0.326 e. The molecule has 0 aliphatic heterocycles. The fraction of sp³-hybridized carbons (Fsp3) is 0.312. The van der Waals surface area contributed by atoms with Crippen LogP contribution in [0.2, 0.25) is 0 Å². The molecular formula is C16H19N3O3S. The third kappa shape index (κ3) is 4.59. The summed E-state index contributed by atoms with van der Waals surface area (Å²) in [5.41, 5.74) is 7.64. The predicted octanol–water partition coefficient (Wildman–Crippen LogP) is 1.68. The minimum atomic E-state index is -1.02. The number of carbonyl (C=O) groups is 2. The lowest BCUT2D eigenvalue weighted by molar-refractivity contribution is -0.141. The minimum absolute atomic E-state index is 0.0212. The largest absolute Gasteiger partial charge is 0.480 e. The van der Waals surface area contributed by atoms with Gasteiger partial charge in [0.2, 0.25) is 5.91 Å². The number of nitrogens with two attached hydrogens (primary N) is 1. The van der Waals surface area contributed by atoms with Crippen LogP contribution in [0.4, 0.5) is 5.69 Å². The summed E-state index contributed by atoms with van der Waals surface area (Å²) in [6, 6.07) is 8.21. The first-order valence-corrected chi connectivity index (χ1v) is 8.56. The molecule has 23 heavy (non-hydrogen) atoms. The van der Waals surface area contributed by atoms with Crippen molar-refractivity contribution < 1.29 is 14.7 Å². The van der Waals surface area contributed by atoms with E-state index in [2.05, 4.69) is 10.3 Å². The van der Waals surface area contributed by atoms with Crippen molar-refractivity contribution in [3.05, 3.63) is 36.0 Å². The number of fused-ring (bicyclic) bond motifs is 1. The first kappa shape index (κ1) is 17.1. The quantitative estimate of drug-likeness (QED) is 0.666. The summed E-state index contributed by atoms with van der Waals surface area (Å²) in [6.07, 6.45) is 2.30. The molecule has 0 saturated heterocycles. The molecule has 4 N–H and O–H groups in total. The lowest BCUT2D eigenvalue weighted by Crippen LogP contribution is -2.42. The first-order valence-electron chi connectivity index (χ1n) is 7.16. The molecule has 0 spiro atoms. The molecule has 1 heterocycles. The summed E-state index contributed by atoms with van der Waals surface area (Å²) in [7, 11) is 0. The second-order valence-electron chi connectivity index (χ2n) is 5.14. The van der Waals surface area contributed by atoms with Crippen molar-refractivity contribution >= 4 is 40.2 Å². The van der Waals surface area contributed by atoms with E-state index >= 15 is 0 Å². The summed E-state index contributed by atoms with van der Waals surface area (Å²) < 4.78 is 0. The van der Waals surface area contributed by atoms with E-state index in [1.54, 1.807) is 23.9 Å². The van der Waals surface area contributed by atoms with Crippen molar-refractivity contribution in [3.63, 3.8) is 0 Å². The SMILES string of the molecule is CSCCC(NC(=O)Cc1ccc2cccc(N)c2n1)C(=O)O. The van der Waals surface area contributed by atoms with Gasteiger partial charge in [0.05, 0.1) is 23.3 Å². The van der Waals surface area contributed by atoms with Gasteiger partial charge in [0.1, 0.15) is 6.04 Å². The van der Waals surface area contributed by atoms with Crippen LogP contribution >= 0.6 is 11.8 Å². The summed E-state index contributed by atoms with van der Waals surface area (Å²) in [4.78, 5) is 27.6. The maximum atomic E-state index is 12.1. The zero-order valence-electron chi connectivity index (χ0n) is 12.8. The van der Waals surface area contributed by atoms with E-state index in [4.69, 9.17) is 10.8 Å². The number of carbonyl (C=O) groups excluding carboxylic acids is 1. The van der Waals surface area contributed by atoms with Crippen LogP contribution in [-0.4, -0.2) is 40.0 Å². The molecular weight excluding hydrogens is 314 g/mol. The lowest BCUT2D eigenvalue weighted by Gasteiger charge is -2.14. The van der Waals surface area contributed by atoms with E-state index in [-0.39, 0.29) is 12.3 Å². The van der Waals surface area contributed by atoms with Gasteiger partial charge in [0.15, 0.2) is 0 Å². The van der Waals surface area contributed by atoms with Gasteiger partial charge in [0.25, 0.3) is 0 Å². The number of pyridine rings is 1. The first-order chi connectivity index (χ1) is 11.0. The molecule has 0 saturated carbocycles. The number of amides is 1. The molecule has 0 aliphatic rings. The van der Waals surface area contributed by atoms with Crippen LogP contribution in [0.1, 0.15) is 12.1 Å². The predicted molar refractivity (Wildman–Crippen MR) is 92.4 cm³/mol. The molecule has 6 nitrogen and oxygen atoms in total. The number of nitrogen functional groups attached to an aromatic ring is 1. The van der Waals surface area contributed by atoms with E-state index in [1.165, 1.54) is 0 Å². The van der Waals surface area contributed by atoms with Gasteiger partial charge >= 0.3 is 5.97 Å². The van der Waals surface area contributed by atoms with Crippen LogP contribution in [-0.2, 0) is 16.0 Å². The van der Waals surface area contributed by atoms with Gasteiger partial charge in [-0.25, -0.2) is 4.79 Å². The second kappa shape index (κ2) is 7.82. The van der Waals surface area contributed by atoms with Gasteiger partial charge in [-0.2, -0.15) is 11.8 Å². The Morgan fingerprint density at radius 3 is 2.83 bits per heavy atom. The molecule has 1 aromatic heterocycles. The van der Waals surface area contributed by atoms with E-state index in [9.17, 15) is 9.59 Å². The van der Waals surface area contributed by atoms with Crippen molar-refractivity contribution in [1.82, 2.24) is 10.3 Å². The third-order valence-corrected chi connectivity index (χ3v) is 4.04. The average molecular weight is 333 g/mol. The molecule has 1 unspecified atom stereocenters. The Balaban J connectivity index is 2.07. The van der Waals surface area contributed by atoms with Crippen LogP contribution in [0, 0.1) is 0 Å². The Labute approximate surface area is 138 Å². The Morgan fingerprint density at radius 2 is 2.13 bits per heavy atom. The van der Waals surface area contributed by atoms with Crippen molar-refractivity contribution in [2.75, 3.05) is 17.7 Å². The van der Waals surface area contributed by atoms with Crippen molar-refractivity contribution in [2.24, 2.45) is 0 Å². The highest BCUT2D eigenvalue weighted by Gasteiger charge is 2.19. The topological polar surface area (TPSA) is 105 Å². The van der Waals surface area contributed by atoms with Crippen molar-refractivity contribution in [1.29, 1.82) is 0 Å². The number of aromatic nitrogens is 1. The number of hydrogen-bond acceptors (Lipinski definition) is 5. The Kier molecular flexibility index (Phi) is 5.81. The fourth-order valence-electron chi connectivity index (χ4n) is 2.21. The molecule has 1 amide bonds. The third-order valence-electron chi connectivity index (χ3n) is 3.39. The highest BCUT2D eigenvalue weighted by atomic mass is 32.2. The highest BCUT2D eigenvalue weighted by molar-refractivity contribution is 7.98. The van der Waals surface area contributed by atoms with E-state index < -0.39 is 12.0 Å². The summed E-state index contributed by atoms with van der Waals surface area (Å²) in [5.74, 6) is -0.717. The lowest BCUT2D eigenvalue weighted by atomic mass is 10.1. The fourth-order valence-corrected chi connectivity index (χ4v) is 2.68. The molecule has 7 heteroatoms. The standard InChI is InChI=1S/C16H19N3O3S/c1-23-8-7-13(16(21)22)19-14(20)9-11-6-5-10-3-2-4-12(17)15(10)18-11/h2-6,13H,7-9,17H2,1H3,(H,19,20)(H,21,22). The summed E-state index contributed by atoms with van der Waals surface area (Å²) in [6.45, 7) is 0. The highest BCUT2D eigenvalue weighted by Crippen LogP contribution is 2.19. The number of hydrogen-bond donors (Lipinski definition) is 3. The van der Waals surface area contributed by atoms with Crippen LogP contribution in [0.3, 0.4) is 0 Å². The number of rotatable bonds is 7. The number of nitrogens with zero attached hydrogens (tertiary/aromatic N) is 1. The number of carboxylic acids is 1. The van der Waals surface area contributed by atoms with Crippen LogP contribution in [0.25, 0.3) is 10.9 Å². The van der Waals surface area contributed by atoms with E-state index in [1.807, 2.05) is 24.5 Å². The summed E-state index contributed by atoms with van der Waals surface area (Å²) >= 11 is 1.54. The van der Waals surface area contributed by atoms with E-state index in [0.717, 1.165) is 5.39 Å². The van der Waals surface area contributed by atoms with Crippen molar-refractivity contribution in [2.45, 2.75) is 18.9 Å². The van der Waals surface area contributed by atoms with Gasteiger partial charge < -0.3 is 16.2 Å². The van der Waals surface area contributed by atoms with Gasteiger partial charge in [-0.15, -0.1) is 0 Å². The van der Waals surface area contributed by atoms with Crippen LogP contribution in [0.5, 0.6) is 0 Å². The maximum Gasteiger partial charge on any atom is 0.326 e. The molecule has 0 aliphatic carbocycles. The number of thioether (sulfide) groups is 1. The van der Waals surface area contributed by atoms with Gasteiger partial charge in [-0.3, -0.25) is 9.78 Å². The molecule has 0 fully saturated rings. The monoisotopic (exact) mass is 333 g/mol. The molecule has 1 atom stereocenters. The molecule has 0 radical (unpaired) electrons. The average Bonchev–Trinajstić information content (AvgIpc) is 2.52. The Morgan fingerprint density at radius 1 is 1.35 bits per heavy atom. The van der Waals surface area contributed by atoms with Gasteiger partial charge in [0, 0.05) is 5.39 Å². The summed E-state index contributed by atoms with van der Waals surface area (Å²) in [5, 5.41) is 12.6. The van der Waals surface area contributed by atoms with Crippen LogP contribution in [0.15, 0.2) is 30.3 Å². The minimum Gasteiger partial charge on any atom is -0.480 e. The van der Waals surface area contributed by atoms with Gasteiger partial charge in [-0.05, 0) is 30.6 Å². The number of para-hydroxylation sites is 1. The van der Waals surface area contributed by atoms with Crippen molar-refractivity contribution in [3.8, 4) is 0 Å². The number of nitrogens with one attached hydrogen (secondary N) is 1. The Hall–Kier alpha value is -2.28. The Bertz CT molecular complexity index is 721. The van der Waals surface area contributed by atoms with Crippen LogP contribution < -0.4 is 11.1 Å². The molecule has 1 aromatic carbocycles. The second-order valence-corrected chi connectivity index (χ2v) is 6.12. The normalized spacial score (nSPS) is 12.0. The number of benzene rings is 1. The maximum absolute atomic E-state index is 12.1. The number of aliphatic carboxylic acids is 1. The molecule has 2 aromatic rings. The zero-order valence-corrected chi connectivity index (χ0v) is 13.6.